The average Bonchev–Trinajstić information content (AvgIpc) is 3.01. The molecule has 25 heavy (non-hydrogen) atoms. The second kappa shape index (κ2) is 5.89. The molecule has 2 nitrogen and oxygen atoms in total. The van der Waals surface area contributed by atoms with Crippen molar-refractivity contribution in [3.8, 4) is 17.1 Å². The van der Waals surface area contributed by atoms with E-state index in [-0.39, 0.29) is 5.41 Å². The first-order chi connectivity index (χ1) is 12.1. The summed E-state index contributed by atoms with van der Waals surface area (Å²) >= 11 is 0. The van der Waals surface area contributed by atoms with Crippen LogP contribution in [0.15, 0.2) is 78.9 Å². The topological polar surface area (TPSA) is 17.8 Å². The molecule has 1 heterocycles. The van der Waals surface area contributed by atoms with Gasteiger partial charge in [0.1, 0.15) is 5.82 Å². The third kappa shape index (κ3) is 2.74. The van der Waals surface area contributed by atoms with Crippen LogP contribution < -0.4 is 0 Å². The standard InChI is InChI=1S/C23H22N2/c1-23(2,3)18-13-7-9-15-20(18)25-21-16-10-8-14-19(21)24-22(25)17-11-5-4-6-12-17/h4-16H,1-3H3. The van der Waals surface area contributed by atoms with Crippen LogP contribution >= 0.6 is 0 Å². The summed E-state index contributed by atoms with van der Waals surface area (Å²) in [6, 6.07) is 27.4. The molecule has 0 aliphatic carbocycles. The molecule has 0 unspecified atom stereocenters. The third-order valence-electron chi connectivity index (χ3n) is 4.55. The van der Waals surface area contributed by atoms with E-state index in [9.17, 15) is 0 Å². The van der Waals surface area contributed by atoms with Crippen LogP contribution in [-0.2, 0) is 5.41 Å². The Bertz CT molecular complexity index is 1020. The number of nitrogens with zero attached hydrogens (tertiary/aromatic N) is 2. The van der Waals surface area contributed by atoms with Gasteiger partial charge in [-0.05, 0) is 29.2 Å². The number of imidazole rings is 1. The number of hydrogen-bond acceptors (Lipinski definition) is 1. The predicted octanol–water partition coefficient (Wildman–Crippen LogP) is 5.99. The first kappa shape index (κ1) is 15.6. The van der Waals surface area contributed by atoms with E-state index in [1.807, 2.05) is 12.1 Å². The van der Waals surface area contributed by atoms with Crippen molar-refractivity contribution in [3.05, 3.63) is 84.4 Å². The summed E-state index contributed by atoms with van der Waals surface area (Å²) in [5, 5.41) is 0. The van der Waals surface area contributed by atoms with Crippen molar-refractivity contribution >= 4 is 11.0 Å². The molecule has 0 bridgehead atoms. The van der Waals surface area contributed by atoms with Gasteiger partial charge >= 0.3 is 0 Å². The van der Waals surface area contributed by atoms with Crippen LogP contribution in [0, 0.1) is 0 Å². The summed E-state index contributed by atoms with van der Waals surface area (Å²) in [6.07, 6.45) is 0. The lowest BCUT2D eigenvalue weighted by atomic mass is 9.85. The summed E-state index contributed by atoms with van der Waals surface area (Å²) in [4.78, 5) is 4.95. The first-order valence-electron chi connectivity index (χ1n) is 8.68. The van der Waals surface area contributed by atoms with Gasteiger partial charge in [-0.25, -0.2) is 4.98 Å². The van der Waals surface area contributed by atoms with Crippen LogP contribution in [0.1, 0.15) is 26.3 Å². The van der Waals surface area contributed by atoms with E-state index < -0.39 is 0 Å². The summed E-state index contributed by atoms with van der Waals surface area (Å²) in [5.41, 5.74) is 5.85. The second-order valence-electron chi connectivity index (χ2n) is 7.39. The van der Waals surface area contributed by atoms with Gasteiger partial charge in [0, 0.05) is 5.56 Å². The quantitative estimate of drug-likeness (QED) is 0.442. The molecule has 3 aromatic carbocycles. The van der Waals surface area contributed by atoms with E-state index in [0.29, 0.717) is 0 Å². The SMILES string of the molecule is CC(C)(C)c1ccccc1-n1c(-c2ccccc2)nc2ccccc21. The number of fused-ring (bicyclic) bond motifs is 1. The Kier molecular flexibility index (Phi) is 3.69. The zero-order chi connectivity index (χ0) is 17.4. The molecule has 0 radical (unpaired) electrons. The lowest BCUT2D eigenvalue weighted by Gasteiger charge is -2.24. The highest BCUT2D eigenvalue weighted by Gasteiger charge is 2.22. The monoisotopic (exact) mass is 326 g/mol. The fourth-order valence-corrected chi connectivity index (χ4v) is 3.35. The molecule has 4 rings (SSSR count). The van der Waals surface area contributed by atoms with Gasteiger partial charge in [0.2, 0.25) is 0 Å². The van der Waals surface area contributed by atoms with E-state index in [1.54, 1.807) is 0 Å². The maximum atomic E-state index is 4.95. The smallest absolute Gasteiger partial charge is 0.145 e. The molecule has 0 saturated carbocycles. The molecule has 0 amide bonds. The van der Waals surface area contributed by atoms with Crippen molar-refractivity contribution in [2.75, 3.05) is 0 Å². The first-order valence-corrected chi connectivity index (χ1v) is 8.68. The van der Waals surface area contributed by atoms with Crippen LogP contribution in [0.3, 0.4) is 0 Å². The van der Waals surface area contributed by atoms with Gasteiger partial charge in [0.15, 0.2) is 0 Å². The van der Waals surface area contributed by atoms with Crippen LogP contribution in [-0.4, -0.2) is 9.55 Å². The number of para-hydroxylation sites is 3. The zero-order valence-electron chi connectivity index (χ0n) is 14.9. The van der Waals surface area contributed by atoms with Crippen molar-refractivity contribution in [1.82, 2.24) is 9.55 Å². The Morgan fingerprint density at radius 1 is 0.720 bits per heavy atom. The van der Waals surface area contributed by atoms with Gasteiger partial charge in [-0.1, -0.05) is 81.4 Å². The van der Waals surface area contributed by atoms with E-state index in [0.717, 1.165) is 22.4 Å². The minimum atomic E-state index is 0.0515. The Hall–Kier alpha value is -2.87. The fraction of sp³-hybridized carbons (Fsp3) is 0.174. The van der Waals surface area contributed by atoms with Gasteiger partial charge in [-0.2, -0.15) is 0 Å². The molecule has 0 N–H and O–H groups in total. The van der Waals surface area contributed by atoms with Gasteiger partial charge < -0.3 is 0 Å². The van der Waals surface area contributed by atoms with Crippen molar-refractivity contribution < 1.29 is 0 Å². The van der Waals surface area contributed by atoms with E-state index in [1.165, 1.54) is 11.3 Å². The summed E-state index contributed by atoms with van der Waals surface area (Å²) in [5.74, 6) is 0.985. The predicted molar refractivity (Wildman–Crippen MR) is 105 cm³/mol. The van der Waals surface area contributed by atoms with Gasteiger partial charge in [-0.3, -0.25) is 4.57 Å². The largest absolute Gasteiger partial charge is 0.292 e. The number of rotatable bonds is 2. The molecule has 0 fully saturated rings. The van der Waals surface area contributed by atoms with Crippen LogP contribution in [0.2, 0.25) is 0 Å². The molecule has 0 atom stereocenters. The van der Waals surface area contributed by atoms with Gasteiger partial charge in [0.25, 0.3) is 0 Å². The Morgan fingerprint density at radius 2 is 1.36 bits per heavy atom. The van der Waals surface area contributed by atoms with Gasteiger partial charge in [-0.15, -0.1) is 0 Å². The minimum Gasteiger partial charge on any atom is -0.292 e. The molecule has 0 aliphatic rings. The molecule has 0 aliphatic heterocycles. The van der Waals surface area contributed by atoms with Crippen molar-refractivity contribution in [3.63, 3.8) is 0 Å². The van der Waals surface area contributed by atoms with Crippen molar-refractivity contribution in [1.29, 1.82) is 0 Å². The molecule has 1 aromatic heterocycles. The number of aromatic nitrogens is 2. The zero-order valence-corrected chi connectivity index (χ0v) is 14.9. The summed E-state index contributed by atoms with van der Waals surface area (Å²) in [7, 11) is 0. The maximum Gasteiger partial charge on any atom is 0.145 e. The molecule has 0 saturated heterocycles. The average molecular weight is 326 g/mol. The minimum absolute atomic E-state index is 0.0515. The molecular formula is C23H22N2. The molecular weight excluding hydrogens is 304 g/mol. The van der Waals surface area contributed by atoms with Crippen LogP contribution in [0.25, 0.3) is 28.1 Å². The molecule has 124 valence electrons. The fourth-order valence-electron chi connectivity index (χ4n) is 3.35. The lowest BCUT2D eigenvalue weighted by Crippen LogP contribution is -2.15. The Balaban J connectivity index is 2.09. The number of benzene rings is 3. The lowest BCUT2D eigenvalue weighted by molar-refractivity contribution is 0.587. The Labute approximate surface area is 148 Å². The highest BCUT2D eigenvalue weighted by molar-refractivity contribution is 5.83. The van der Waals surface area contributed by atoms with Crippen molar-refractivity contribution in [2.45, 2.75) is 26.2 Å². The van der Waals surface area contributed by atoms with E-state index >= 15 is 0 Å². The highest BCUT2D eigenvalue weighted by Crippen LogP contribution is 2.34. The molecule has 0 spiro atoms. The normalized spacial score (nSPS) is 11.8. The van der Waals surface area contributed by atoms with E-state index in [4.69, 9.17) is 4.98 Å². The maximum absolute atomic E-state index is 4.95. The molecule has 4 aromatic rings. The molecule has 2 heteroatoms. The van der Waals surface area contributed by atoms with Crippen LogP contribution in [0.5, 0.6) is 0 Å². The second-order valence-corrected chi connectivity index (χ2v) is 7.39. The van der Waals surface area contributed by atoms with Crippen LogP contribution in [0.4, 0.5) is 0 Å². The summed E-state index contributed by atoms with van der Waals surface area (Å²) < 4.78 is 2.30. The number of hydrogen-bond donors (Lipinski definition) is 0. The highest BCUT2D eigenvalue weighted by atomic mass is 15.1. The Morgan fingerprint density at radius 3 is 2.12 bits per heavy atom. The van der Waals surface area contributed by atoms with Gasteiger partial charge in [0.05, 0.1) is 16.7 Å². The third-order valence-corrected chi connectivity index (χ3v) is 4.55. The van der Waals surface area contributed by atoms with Crippen molar-refractivity contribution in [2.24, 2.45) is 0 Å². The van der Waals surface area contributed by atoms with E-state index in [2.05, 4.69) is 92.1 Å². The summed E-state index contributed by atoms with van der Waals surface area (Å²) in [6.45, 7) is 6.77.